The zero-order chi connectivity index (χ0) is 36.5. The largest absolute Gasteiger partial charge is 0.497 e. The highest BCUT2D eigenvalue weighted by atomic mass is 16.6. The van der Waals surface area contributed by atoms with Crippen LogP contribution in [-0.2, 0) is 25.5 Å². The van der Waals surface area contributed by atoms with E-state index >= 15 is 0 Å². The third-order valence-corrected chi connectivity index (χ3v) is 8.72. The van der Waals surface area contributed by atoms with Crippen LogP contribution in [0.4, 0.5) is 10.6 Å². The molecule has 0 spiro atoms. The van der Waals surface area contributed by atoms with E-state index in [9.17, 15) is 19.2 Å². The standard InChI is InChI=1S/C38H52N6O6/c1-26-20-22-43(23-21-26)34(46)32(28-16-18-29(49-7)19-17-28)44-24-31(39-25-44)41-33(45)30(15-11-14-27-12-9-8-10-13-27)40-35(47)38(5,6)42-36(48)50-37(2,3)4/h8-10,12-13,16-19,24-26,30,32H,11,14-15,20-23H2,1-7H3,(H,40,47)(H,41,45)(H,42,48). The summed E-state index contributed by atoms with van der Waals surface area (Å²) in [6.07, 6.45) is 5.94. The molecule has 12 heteroatoms. The lowest BCUT2D eigenvalue weighted by molar-refractivity contribution is -0.135. The molecular weight excluding hydrogens is 636 g/mol. The summed E-state index contributed by atoms with van der Waals surface area (Å²) in [5.74, 6) is 0.408. The minimum atomic E-state index is -1.37. The topological polar surface area (TPSA) is 144 Å². The van der Waals surface area contributed by atoms with Gasteiger partial charge in [0.1, 0.15) is 29.0 Å². The highest BCUT2D eigenvalue weighted by molar-refractivity contribution is 5.98. The number of alkyl carbamates (subject to hydrolysis) is 1. The van der Waals surface area contributed by atoms with Gasteiger partial charge in [0, 0.05) is 19.3 Å². The maximum atomic E-state index is 14.0. The van der Waals surface area contributed by atoms with E-state index in [-0.39, 0.29) is 11.7 Å². The molecule has 2 atom stereocenters. The number of ether oxygens (including phenoxy) is 2. The lowest BCUT2D eigenvalue weighted by atomic mass is 9.97. The number of nitrogens with zero attached hydrogens (tertiary/aromatic N) is 3. The van der Waals surface area contributed by atoms with Gasteiger partial charge >= 0.3 is 6.09 Å². The summed E-state index contributed by atoms with van der Waals surface area (Å²) in [6.45, 7) is 11.8. The van der Waals surface area contributed by atoms with Gasteiger partial charge in [-0.2, -0.15) is 0 Å². The Hall–Kier alpha value is -4.87. The van der Waals surface area contributed by atoms with Crippen LogP contribution in [0.3, 0.4) is 0 Å². The molecule has 2 aromatic carbocycles. The Balaban J connectivity index is 1.53. The van der Waals surface area contributed by atoms with E-state index in [1.54, 1.807) is 52.5 Å². The molecule has 2 heterocycles. The van der Waals surface area contributed by atoms with Gasteiger partial charge in [-0.1, -0.05) is 49.4 Å². The summed E-state index contributed by atoms with van der Waals surface area (Å²) in [4.78, 5) is 60.0. The zero-order valence-electron chi connectivity index (χ0n) is 30.3. The van der Waals surface area contributed by atoms with Crippen molar-refractivity contribution in [2.24, 2.45) is 5.92 Å². The van der Waals surface area contributed by atoms with Crippen LogP contribution < -0.4 is 20.7 Å². The average Bonchev–Trinajstić information content (AvgIpc) is 3.51. The molecule has 2 unspecified atom stereocenters. The predicted octanol–water partition coefficient (Wildman–Crippen LogP) is 5.49. The summed E-state index contributed by atoms with van der Waals surface area (Å²) in [5, 5.41) is 8.28. The minimum absolute atomic E-state index is 0.0527. The summed E-state index contributed by atoms with van der Waals surface area (Å²) < 4.78 is 12.4. The fourth-order valence-corrected chi connectivity index (χ4v) is 5.76. The molecule has 4 amide bonds. The highest BCUT2D eigenvalue weighted by Crippen LogP contribution is 2.27. The van der Waals surface area contributed by atoms with E-state index < -0.39 is 41.1 Å². The van der Waals surface area contributed by atoms with Gasteiger partial charge in [0.2, 0.25) is 17.7 Å². The first-order valence-corrected chi connectivity index (χ1v) is 17.3. The van der Waals surface area contributed by atoms with Crippen LogP contribution in [0.15, 0.2) is 67.1 Å². The van der Waals surface area contributed by atoms with E-state index in [1.807, 2.05) is 59.5 Å². The second-order valence-electron chi connectivity index (χ2n) is 14.5. The van der Waals surface area contributed by atoms with Gasteiger partial charge in [0.15, 0.2) is 5.82 Å². The first-order chi connectivity index (χ1) is 23.6. The fraction of sp³-hybridized carbons (Fsp3) is 0.500. The molecule has 50 heavy (non-hydrogen) atoms. The predicted molar refractivity (Wildman–Crippen MR) is 192 cm³/mol. The third-order valence-electron chi connectivity index (χ3n) is 8.72. The number of carbonyl (C=O) groups is 4. The SMILES string of the molecule is COc1ccc(C(C(=O)N2CCC(C)CC2)n2cnc(NC(=O)C(CCCc3ccccc3)NC(=O)C(C)(C)NC(=O)OC(C)(C)C)c2)cc1. The van der Waals surface area contributed by atoms with Crippen molar-refractivity contribution >= 4 is 29.6 Å². The first kappa shape index (κ1) is 37.9. The number of rotatable bonds is 13. The molecule has 4 rings (SSSR count). The quantitative estimate of drug-likeness (QED) is 0.216. The summed E-state index contributed by atoms with van der Waals surface area (Å²) in [6, 6.07) is 15.6. The van der Waals surface area contributed by atoms with E-state index in [0.717, 1.165) is 24.0 Å². The molecule has 1 aliphatic rings. The van der Waals surface area contributed by atoms with Crippen LogP contribution in [0.2, 0.25) is 0 Å². The lowest BCUT2D eigenvalue weighted by Crippen LogP contribution is -2.58. The molecule has 1 aliphatic heterocycles. The second-order valence-corrected chi connectivity index (χ2v) is 14.5. The van der Waals surface area contributed by atoms with Gasteiger partial charge in [0.05, 0.1) is 13.4 Å². The fourth-order valence-electron chi connectivity index (χ4n) is 5.76. The number of methoxy groups -OCH3 is 1. The Kier molecular flexibility index (Phi) is 12.7. The molecule has 0 aliphatic carbocycles. The number of carbonyl (C=O) groups excluding carboxylic acids is 4. The van der Waals surface area contributed by atoms with Gasteiger partial charge in [-0.05, 0) is 95.9 Å². The van der Waals surface area contributed by atoms with Crippen molar-refractivity contribution in [1.29, 1.82) is 0 Å². The third kappa shape index (κ3) is 10.8. The molecular formula is C38H52N6O6. The van der Waals surface area contributed by atoms with Gasteiger partial charge in [0.25, 0.3) is 0 Å². The zero-order valence-corrected chi connectivity index (χ0v) is 30.3. The van der Waals surface area contributed by atoms with Gasteiger partial charge < -0.3 is 34.9 Å². The highest BCUT2D eigenvalue weighted by Gasteiger charge is 2.35. The van der Waals surface area contributed by atoms with Gasteiger partial charge in [-0.3, -0.25) is 14.4 Å². The van der Waals surface area contributed by atoms with Crippen LogP contribution in [0.25, 0.3) is 0 Å². The molecule has 12 nitrogen and oxygen atoms in total. The van der Waals surface area contributed by atoms with E-state index in [1.165, 1.54) is 6.33 Å². The Labute approximate surface area is 295 Å². The van der Waals surface area contributed by atoms with Crippen molar-refractivity contribution in [2.75, 3.05) is 25.5 Å². The van der Waals surface area contributed by atoms with Crippen molar-refractivity contribution < 1.29 is 28.7 Å². The number of piperidine rings is 1. The molecule has 0 bridgehead atoms. The number of hydrogen-bond acceptors (Lipinski definition) is 7. The van der Waals surface area contributed by atoms with Crippen molar-refractivity contribution in [3.05, 3.63) is 78.2 Å². The lowest BCUT2D eigenvalue weighted by Gasteiger charge is -2.33. The smallest absolute Gasteiger partial charge is 0.408 e. The van der Waals surface area contributed by atoms with E-state index in [4.69, 9.17) is 9.47 Å². The van der Waals surface area contributed by atoms with E-state index in [0.29, 0.717) is 44.0 Å². The van der Waals surface area contributed by atoms with Crippen LogP contribution in [0.1, 0.15) is 84.4 Å². The Morgan fingerprint density at radius 1 is 0.960 bits per heavy atom. The van der Waals surface area contributed by atoms with Crippen molar-refractivity contribution in [1.82, 2.24) is 25.1 Å². The normalized spacial score (nSPS) is 15.1. The monoisotopic (exact) mass is 688 g/mol. The molecule has 3 N–H and O–H groups in total. The van der Waals surface area contributed by atoms with Crippen LogP contribution in [-0.4, -0.2) is 75.6 Å². The Morgan fingerprint density at radius 2 is 1.62 bits per heavy atom. The molecule has 0 radical (unpaired) electrons. The van der Waals surface area contributed by atoms with Crippen LogP contribution in [0.5, 0.6) is 5.75 Å². The second kappa shape index (κ2) is 16.7. The number of likely N-dealkylation sites (tertiary alicyclic amines) is 1. The maximum absolute atomic E-state index is 14.0. The van der Waals surface area contributed by atoms with Crippen molar-refractivity contribution in [3.8, 4) is 5.75 Å². The summed E-state index contributed by atoms with van der Waals surface area (Å²) >= 11 is 0. The van der Waals surface area contributed by atoms with Crippen LogP contribution >= 0.6 is 0 Å². The molecule has 1 saturated heterocycles. The molecule has 0 saturated carbocycles. The van der Waals surface area contributed by atoms with Gasteiger partial charge in [-0.15, -0.1) is 0 Å². The first-order valence-electron chi connectivity index (χ1n) is 17.3. The Morgan fingerprint density at radius 3 is 2.24 bits per heavy atom. The summed E-state index contributed by atoms with van der Waals surface area (Å²) in [5.41, 5.74) is -0.250. The maximum Gasteiger partial charge on any atom is 0.408 e. The number of benzene rings is 2. The molecule has 1 aromatic heterocycles. The number of aryl methyl sites for hydroxylation is 1. The molecule has 3 aromatic rings. The van der Waals surface area contributed by atoms with Crippen molar-refractivity contribution in [3.63, 3.8) is 0 Å². The van der Waals surface area contributed by atoms with Crippen molar-refractivity contribution in [2.45, 2.75) is 96.9 Å². The number of nitrogens with one attached hydrogen (secondary N) is 3. The summed E-state index contributed by atoms with van der Waals surface area (Å²) in [7, 11) is 1.59. The number of hydrogen-bond donors (Lipinski definition) is 3. The van der Waals surface area contributed by atoms with E-state index in [2.05, 4.69) is 27.9 Å². The molecule has 1 fully saturated rings. The number of anilines is 1. The minimum Gasteiger partial charge on any atom is -0.497 e. The van der Waals surface area contributed by atoms with Gasteiger partial charge in [-0.25, -0.2) is 9.78 Å². The number of aromatic nitrogens is 2. The average molecular weight is 689 g/mol. The van der Waals surface area contributed by atoms with Crippen LogP contribution in [0, 0.1) is 5.92 Å². The Bertz CT molecular complexity index is 1590. The molecule has 270 valence electrons. The number of imidazole rings is 1. The number of amides is 4.